The second-order valence-corrected chi connectivity index (χ2v) is 5.66. The Morgan fingerprint density at radius 3 is 2.36 bits per heavy atom. The van der Waals surface area contributed by atoms with Gasteiger partial charge in [0.25, 0.3) is 0 Å². The second kappa shape index (κ2) is 9.92. The van der Waals surface area contributed by atoms with Crippen LogP contribution in [0.5, 0.6) is 0 Å². The maximum absolute atomic E-state index is 13.4. The standard InChI is InChI=1S/C12H8F2N.C8H7N4.Ir/c1-8-4-5-15-12(6-8)10-3-2-9(13)7-11(10)14;1-6-10-8(12-11-6)7-4-2-3-5-9-7;/h2,4-7H,1H3;2-5H,1H3;/q2*-1;. The fourth-order valence-corrected chi connectivity index (χ4v) is 2.24. The fourth-order valence-electron chi connectivity index (χ4n) is 2.24. The van der Waals surface area contributed by atoms with Crippen LogP contribution in [-0.2, 0) is 20.1 Å². The van der Waals surface area contributed by atoms with Gasteiger partial charge >= 0.3 is 0 Å². The van der Waals surface area contributed by atoms with Crippen LogP contribution in [0.1, 0.15) is 11.4 Å². The summed E-state index contributed by atoms with van der Waals surface area (Å²) in [5.41, 5.74) is 2.39. The molecule has 0 aliphatic carbocycles. The number of rotatable bonds is 2. The van der Waals surface area contributed by atoms with Gasteiger partial charge in [0.15, 0.2) is 0 Å². The Kier molecular flexibility index (Phi) is 7.60. The summed E-state index contributed by atoms with van der Waals surface area (Å²) >= 11 is 0. The van der Waals surface area contributed by atoms with Crippen LogP contribution in [0.15, 0.2) is 54.9 Å². The third kappa shape index (κ3) is 5.58. The van der Waals surface area contributed by atoms with Gasteiger partial charge in [-0.1, -0.05) is 29.3 Å². The van der Waals surface area contributed by atoms with Gasteiger partial charge in [-0.15, -0.1) is 12.1 Å². The van der Waals surface area contributed by atoms with Crippen molar-refractivity contribution in [1.29, 1.82) is 0 Å². The predicted molar refractivity (Wildman–Crippen MR) is 96.5 cm³/mol. The predicted octanol–water partition coefficient (Wildman–Crippen LogP) is 3.94. The minimum atomic E-state index is -0.645. The average Bonchev–Trinajstić information content (AvgIpc) is 3.09. The molecule has 0 bridgehead atoms. The molecule has 0 aliphatic heterocycles. The first-order valence-electron chi connectivity index (χ1n) is 8.08. The number of pyridine rings is 2. The van der Waals surface area contributed by atoms with Gasteiger partial charge in [0, 0.05) is 50.0 Å². The largest absolute Gasteiger partial charge is 0.421 e. The maximum atomic E-state index is 13.4. The van der Waals surface area contributed by atoms with Crippen LogP contribution >= 0.6 is 0 Å². The summed E-state index contributed by atoms with van der Waals surface area (Å²) in [7, 11) is 0. The number of aryl methyl sites for hydroxylation is 2. The summed E-state index contributed by atoms with van der Waals surface area (Å²) in [6, 6.07) is 13.6. The van der Waals surface area contributed by atoms with Gasteiger partial charge in [-0.05, 0) is 43.6 Å². The summed E-state index contributed by atoms with van der Waals surface area (Å²) in [6.45, 7) is 3.69. The van der Waals surface area contributed by atoms with Crippen molar-refractivity contribution in [3.63, 3.8) is 0 Å². The van der Waals surface area contributed by atoms with Crippen LogP contribution in [0.25, 0.3) is 22.8 Å². The third-order valence-electron chi connectivity index (χ3n) is 3.48. The molecule has 0 N–H and O–H groups in total. The van der Waals surface area contributed by atoms with Gasteiger partial charge in [0.2, 0.25) is 0 Å². The summed E-state index contributed by atoms with van der Waals surface area (Å²) in [4.78, 5) is 12.2. The minimum absolute atomic E-state index is 0. The summed E-state index contributed by atoms with van der Waals surface area (Å²) < 4.78 is 26.0. The minimum Gasteiger partial charge on any atom is -0.421 e. The first-order chi connectivity index (χ1) is 13.0. The first kappa shape index (κ1) is 21.5. The van der Waals surface area contributed by atoms with E-state index in [9.17, 15) is 8.78 Å². The molecule has 8 heteroatoms. The van der Waals surface area contributed by atoms with Crippen LogP contribution in [0.2, 0.25) is 0 Å². The molecular weight excluding hydrogens is 540 g/mol. The Morgan fingerprint density at radius 1 is 0.964 bits per heavy atom. The summed E-state index contributed by atoms with van der Waals surface area (Å²) in [5.74, 6) is -0.0132. The van der Waals surface area contributed by atoms with Gasteiger partial charge in [-0.25, -0.2) is 0 Å². The van der Waals surface area contributed by atoms with E-state index in [2.05, 4.69) is 31.2 Å². The summed E-state index contributed by atoms with van der Waals surface area (Å²) in [6.07, 6.45) is 3.29. The molecule has 0 spiro atoms. The van der Waals surface area contributed by atoms with Crippen molar-refractivity contribution in [1.82, 2.24) is 25.1 Å². The summed E-state index contributed by atoms with van der Waals surface area (Å²) in [5, 5.41) is 7.65. The number of hydrogen-bond acceptors (Lipinski definition) is 4. The van der Waals surface area contributed by atoms with E-state index in [0.29, 0.717) is 17.3 Å². The van der Waals surface area contributed by atoms with Crippen LogP contribution in [0.3, 0.4) is 0 Å². The van der Waals surface area contributed by atoms with Crippen LogP contribution in [0, 0.1) is 31.5 Å². The van der Waals surface area contributed by atoms with Gasteiger partial charge in [0.05, 0.1) is 5.69 Å². The smallest absolute Gasteiger partial charge is 0.0634 e. The Labute approximate surface area is 174 Å². The molecule has 28 heavy (non-hydrogen) atoms. The zero-order valence-electron chi connectivity index (χ0n) is 15.0. The molecule has 0 saturated carbocycles. The van der Waals surface area contributed by atoms with Crippen molar-refractivity contribution >= 4 is 0 Å². The molecule has 0 aliphatic rings. The van der Waals surface area contributed by atoms with Crippen molar-refractivity contribution in [2.45, 2.75) is 13.8 Å². The molecule has 4 aromatic rings. The molecule has 3 aromatic heterocycles. The van der Waals surface area contributed by atoms with Crippen molar-refractivity contribution in [3.8, 4) is 22.8 Å². The Hall–Kier alpha value is -2.83. The molecule has 0 fully saturated rings. The number of aromatic nitrogens is 5. The SMILES string of the molecule is Cc1ccnc(-c2[c-]cc(F)cc2F)c1.Cc1n[n-]c(-c2ccccn2)n1.[Ir]. The van der Waals surface area contributed by atoms with Crippen molar-refractivity contribution in [3.05, 3.63) is 83.9 Å². The van der Waals surface area contributed by atoms with Gasteiger partial charge < -0.3 is 15.1 Å². The Morgan fingerprint density at radius 2 is 1.75 bits per heavy atom. The van der Waals surface area contributed by atoms with Crippen LogP contribution < -0.4 is 5.10 Å². The van der Waals surface area contributed by atoms with Crippen molar-refractivity contribution in [2.75, 3.05) is 0 Å². The molecule has 0 atom stereocenters. The van der Waals surface area contributed by atoms with E-state index >= 15 is 0 Å². The topological polar surface area (TPSA) is 65.7 Å². The molecule has 1 radical (unpaired) electrons. The Bertz CT molecular complexity index is 1040. The second-order valence-electron chi connectivity index (χ2n) is 5.66. The van der Waals surface area contributed by atoms with Crippen molar-refractivity contribution < 1.29 is 28.9 Å². The van der Waals surface area contributed by atoms with E-state index in [-0.39, 0.29) is 25.7 Å². The first-order valence-corrected chi connectivity index (χ1v) is 8.08. The molecule has 0 unspecified atom stereocenters. The third-order valence-corrected chi connectivity index (χ3v) is 3.48. The van der Waals surface area contributed by atoms with Crippen molar-refractivity contribution in [2.24, 2.45) is 0 Å². The monoisotopic (exact) mass is 556 g/mol. The van der Waals surface area contributed by atoms with E-state index in [1.165, 1.54) is 0 Å². The fraction of sp³-hybridized carbons (Fsp3) is 0.100. The quantitative estimate of drug-likeness (QED) is 0.351. The average molecular weight is 556 g/mol. The number of halogens is 2. The molecule has 0 amide bonds. The van der Waals surface area contributed by atoms with E-state index in [1.807, 2.05) is 31.2 Å². The van der Waals surface area contributed by atoms with E-state index < -0.39 is 11.6 Å². The maximum Gasteiger partial charge on any atom is 0.0634 e. The van der Waals surface area contributed by atoms with Gasteiger partial charge in [-0.2, -0.15) is 0 Å². The normalized spacial score (nSPS) is 9.86. The molecule has 3 heterocycles. The molecule has 4 rings (SSSR count). The number of hydrogen-bond donors (Lipinski definition) is 0. The number of benzene rings is 1. The van der Waals surface area contributed by atoms with E-state index in [4.69, 9.17) is 0 Å². The van der Waals surface area contributed by atoms with E-state index in [1.54, 1.807) is 25.4 Å². The van der Waals surface area contributed by atoms with Crippen LogP contribution in [0.4, 0.5) is 8.78 Å². The molecular formula is C20H15F2IrN5-2. The van der Waals surface area contributed by atoms with Gasteiger partial charge in [-0.3, -0.25) is 18.9 Å². The van der Waals surface area contributed by atoms with E-state index in [0.717, 1.165) is 23.4 Å². The Balaban J connectivity index is 0.000000198. The zero-order chi connectivity index (χ0) is 19.2. The molecule has 0 saturated heterocycles. The zero-order valence-corrected chi connectivity index (χ0v) is 17.4. The molecule has 5 nitrogen and oxygen atoms in total. The molecule has 1 aromatic carbocycles. The molecule has 145 valence electrons. The van der Waals surface area contributed by atoms with Gasteiger partial charge in [0.1, 0.15) is 0 Å². The van der Waals surface area contributed by atoms with Crippen LogP contribution in [-0.4, -0.2) is 20.1 Å². The number of nitrogens with zero attached hydrogens (tertiary/aromatic N) is 5.